The molecule has 1 fully saturated rings. The molecule has 0 aliphatic heterocycles. The molecule has 2 heteroatoms. The van der Waals surface area contributed by atoms with E-state index in [1.165, 1.54) is 28.9 Å². The Morgan fingerprint density at radius 3 is 2.59 bits per heavy atom. The van der Waals surface area contributed by atoms with Gasteiger partial charge in [-0.15, -0.1) is 11.8 Å². The van der Waals surface area contributed by atoms with Crippen LogP contribution in [0.25, 0.3) is 0 Å². The van der Waals surface area contributed by atoms with Gasteiger partial charge in [0.05, 0.1) is 0 Å². The summed E-state index contributed by atoms with van der Waals surface area (Å²) in [5, 5.41) is 4.21. The minimum absolute atomic E-state index is 0.707. The Hall–Kier alpha value is -0.470. The first kappa shape index (κ1) is 13.0. The summed E-state index contributed by atoms with van der Waals surface area (Å²) in [6.45, 7) is 6.77. The molecule has 1 aliphatic carbocycles. The van der Waals surface area contributed by atoms with Gasteiger partial charge in [-0.05, 0) is 51.3 Å². The lowest BCUT2D eigenvalue weighted by Gasteiger charge is -2.20. The van der Waals surface area contributed by atoms with Gasteiger partial charge in [0.1, 0.15) is 0 Å². The Labute approximate surface area is 109 Å². The highest BCUT2D eigenvalue weighted by Crippen LogP contribution is 2.39. The summed E-state index contributed by atoms with van der Waals surface area (Å²) in [5.41, 5.74) is 2.79. The zero-order valence-electron chi connectivity index (χ0n) is 11.3. The van der Waals surface area contributed by atoms with E-state index in [0.717, 1.165) is 11.2 Å². The van der Waals surface area contributed by atoms with Crippen LogP contribution in [0.2, 0.25) is 0 Å². The molecule has 17 heavy (non-hydrogen) atoms. The lowest BCUT2D eigenvalue weighted by molar-refractivity contribution is 0.464. The molecule has 1 N–H and O–H groups in total. The van der Waals surface area contributed by atoms with Gasteiger partial charge in [-0.2, -0.15) is 0 Å². The summed E-state index contributed by atoms with van der Waals surface area (Å²) in [5.74, 6) is 0.769. The van der Waals surface area contributed by atoms with Gasteiger partial charge < -0.3 is 5.32 Å². The average molecular weight is 249 g/mol. The third-order valence-corrected chi connectivity index (χ3v) is 5.64. The van der Waals surface area contributed by atoms with E-state index >= 15 is 0 Å². The van der Waals surface area contributed by atoms with E-state index in [-0.39, 0.29) is 0 Å². The minimum atomic E-state index is 0.707. The number of hydrogen-bond acceptors (Lipinski definition) is 2. The molecule has 1 aromatic rings. The van der Waals surface area contributed by atoms with Gasteiger partial charge in [-0.1, -0.05) is 24.6 Å². The summed E-state index contributed by atoms with van der Waals surface area (Å²) in [6, 6.07) is 7.51. The maximum atomic E-state index is 3.44. The molecule has 0 saturated heterocycles. The van der Waals surface area contributed by atoms with Crippen LogP contribution in [-0.4, -0.2) is 18.3 Å². The van der Waals surface area contributed by atoms with E-state index in [1.54, 1.807) is 0 Å². The minimum Gasteiger partial charge on any atom is -0.317 e. The van der Waals surface area contributed by atoms with Crippen molar-refractivity contribution in [2.45, 2.75) is 49.8 Å². The number of aryl methyl sites for hydroxylation is 2. The third kappa shape index (κ3) is 2.86. The molecule has 0 heterocycles. The van der Waals surface area contributed by atoms with Crippen molar-refractivity contribution >= 4 is 11.8 Å². The van der Waals surface area contributed by atoms with Crippen molar-refractivity contribution in [3.05, 3.63) is 29.3 Å². The molecule has 2 rings (SSSR count). The number of rotatable bonds is 3. The lowest BCUT2D eigenvalue weighted by atomic mass is 10.1. The van der Waals surface area contributed by atoms with Crippen LogP contribution < -0.4 is 5.32 Å². The predicted octanol–water partition coefficient (Wildman–Crippen LogP) is 3.78. The van der Waals surface area contributed by atoms with E-state index in [0.29, 0.717) is 6.04 Å². The third-order valence-electron chi connectivity index (χ3n) is 3.96. The molecule has 94 valence electrons. The van der Waals surface area contributed by atoms with Crippen LogP contribution in [0.3, 0.4) is 0 Å². The topological polar surface area (TPSA) is 12.0 Å². The van der Waals surface area contributed by atoms with Gasteiger partial charge in [0.25, 0.3) is 0 Å². The molecule has 1 saturated carbocycles. The second kappa shape index (κ2) is 5.45. The van der Waals surface area contributed by atoms with Gasteiger partial charge in [0.2, 0.25) is 0 Å². The van der Waals surface area contributed by atoms with Crippen molar-refractivity contribution in [2.75, 3.05) is 7.05 Å². The molecule has 1 aromatic carbocycles. The first-order valence-electron chi connectivity index (χ1n) is 6.53. The zero-order valence-corrected chi connectivity index (χ0v) is 12.1. The number of benzene rings is 1. The molecule has 3 unspecified atom stereocenters. The largest absolute Gasteiger partial charge is 0.317 e. The van der Waals surface area contributed by atoms with Gasteiger partial charge in [-0.3, -0.25) is 0 Å². The van der Waals surface area contributed by atoms with Crippen LogP contribution in [0.5, 0.6) is 0 Å². The van der Waals surface area contributed by atoms with Crippen LogP contribution in [0.4, 0.5) is 0 Å². The zero-order chi connectivity index (χ0) is 12.4. The number of thioether (sulfide) groups is 1. The fourth-order valence-corrected chi connectivity index (χ4v) is 4.17. The quantitative estimate of drug-likeness (QED) is 0.875. The maximum absolute atomic E-state index is 3.44. The predicted molar refractivity (Wildman–Crippen MR) is 76.8 cm³/mol. The summed E-state index contributed by atoms with van der Waals surface area (Å²) in [4.78, 5) is 1.46. The van der Waals surface area contributed by atoms with Crippen molar-refractivity contribution in [1.82, 2.24) is 5.32 Å². The second-order valence-corrected chi connectivity index (χ2v) is 6.54. The average Bonchev–Trinajstić information content (AvgIpc) is 2.64. The van der Waals surface area contributed by atoms with Crippen LogP contribution in [0, 0.1) is 19.8 Å². The Kier molecular flexibility index (Phi) is 4.16. The van der Waals surface area contributed by atoms with E-state index in [9.17, 15) is 0 Å². The fourth-order valence-electron chi connectivity index (χ4n) is 2.80. The molecule has 0 radical (unpaired) electrons. The van der Waals surface area contributed by atoms with Crippen LogP contribution in [0.15, 0.2) is 23.1 Å². The molecular weight excluding hydrogens is 226 g/mol. The van der Waals surface area contributed by atoms with Crippen molar-refractivity contribution in [1.29, 1.82) is 0 Å². The van der Waals surface area contributed by atoms with Crippen LogP contribution in [-0.2, 0) is 0 Å². The highest BCUT2D eigenvalue weighted by Gasteiger charge is 2.32. The SMILES string of the molecule is CNC1CCC(Sc2ccc(C)cc2C)C1C. The molecule has 0 spiro atoms. The highest BCUT2D eigenvalue weighted by atomic mass is 32.2. The second-order valence-electron chi connectivity index (χ2n) is 5.26. The Bertz CT molecular complexity index is 389. The molecule has 1 aliphatic rings. The standard InChI is InChI=1S/C15H23NS/c1-10-5-7-14(11(2)9-10)17-15-8-6-13(16-4)12(15)3/h5,7,9,12-13,15-16H,6,8H2,1-4H3. The first-order valence-corrected chi connectivity index (χ1v) is 7.41. The maximum Gasteiger partial charge on any atom is 0.0135 e. The van der Waals surface area contributed by atoms with Gasteiger partial charge in [-0.25, -0.2) is 0 Å². The van der Waals surface area contributed by atoms with Crippen LogP contribution in [0.1, 0.15) is 30.9 Å². The van der Waals surface area contributed by atoms with E-state index in [4.69, 9.17) is 0 Å². The monoisotopic (exact) mass is 249 g/mol. The van der Waals surface area contributed by atoms with E-state index in [1.807, 2.05) is 0 Å². The fraction of sp³-hybridized carbons (Fsp3) is 0.600. The van der Waals surface area contributed by atoms with Gasteiger partial charge in [0, 0.05) is 16.2 Å². The molecule has 0 bridgehead atoms. The summed E-state index contributed by atoms with van der Waals surface area (Å²) < 4.78 is 0. The lowest BCUT2D eigenvalue weighted by Crippen LogP contribution is -2.30. The van der Waals surface area contributed by atoms with E-state index < -0.39 is 0 Å². The van der Waals surface area contributed by atoms with Gasteiger partial charge in [0.15, 0.2) is 0 Å². The summed E-state index contributed by atoms with van der Waals surface area (Å²) in [6.07, 6.45) is 2.66. The Morgan fingerprint density at radius 1 is 1.24 bits per heavy atom. The Morgan fingerprint density at radius 2 is 2.00 bits per heavy atom. The van der Waals surface area contributed by atoms with Crippen molar-refractivity contribution in [3.8, 4) is 0 Å². The molecular formula is C15H23NS. The number of nitrogens with one attached hydrogen (secondary N) is 1. The molecule has 0 amide bonds. The smallest absolute Gasteiger partial charge is 0.0135 e. The Balaban J connectivity index is 2.06. The molecule has 0 aromatic heterocycles. The normalized spacial score (nSPS) is 28.6. The van der Waals surface area contributed by atoms with Gasteiger partial charge >= 0.3 is 0 Å². The summed E-state index contributed by atoms with van der Waals surface area (Å²) >= 11 is 2.07. The molecule has 1 nitrogen and oxygen atoms in total. The highest BCUT2D eigenvalue weighted by molar-refractivity contribution is 8.00. The van der Waals surface area contributed by atoms with Crippen molar-refractivity contribution in [2.24, 2.45) is 5.92 Å². The summed E-state index contributed by atoms with van der Waals surface area (Å²) in [7, 11) is 2.09. The molecule has 3 atom stereocenters. The van der Waals surface area contributed by atoms with E-state index in [2.05, 4.69) is 63.1 Å². The van der Waals surface area contributed by atoms with Crippen molar-refractivity contribution < 1.29 is 0 Å². The van der Waals surface area contributed by atoms with Crippen molar-refractivity contribution in [3.63, 3.8) is 0 Å². The number of hydrogen-bond donors (Lipinski definition) is 1. The van der Waals surface area contributed by atoms with Crippen LogP contribution >= 0.6 is 11.8 Å². The first-order chi connectivity index (χ1) is 8.11.